The molecule has 0 spiro atoms. The van der Waals surface area contributed by atoms with Crippen LogP contribution >= 0.6 is 0 Å². The van der Waals surface area contributed by atoms with Crippen molar-refractivity contribution in [2.24, 2.45) is 0 Å². The van der Waals surface area contributed by atoms with Crippen molar-refractivity contribution in [3.63, 3.8) is 0 Å². The standard InChI is InChI=1S/C6H13NO3/c1-7(6(8)9)5-3-2-4-10-5/h5-6,8-9H,2-4H2,1H3. The lowest BCUT2D eigenvalue weighted by molar-refractivity contribution is -0.196. The van der Waals surface area contributed by atoms with Crippen LogP contribution in [0.15, 0.2) is 0 Å². The molecule has 1 unspecified atom stereocenters. The molecule has 0 aromatic carbocycles. The minimum Gasteiger partial charge on any atom is -0.363 e. The topological polar surface area (TPSA) is 52.9 Å². The second-order valence-electron chi connectivity index (χ2n) is 2.48. The summed E-state index contributed by atoms with van der Waals surface area (Å²) in [5.41, 5.74) is 0. The van der Waals surface area contributed by atoms with Gasteiger partial charge < -0.3 is 14.9 Å². The second-order valence-corrected chi connectivity index (χ2v) is 2.48. The quantitative estimate of drug-likeness (QED) is 0.508. The minimum absolute atomic E-state index is 0.111. The van der Waals surface area contributed by atoms with E-state index < -0.39 is 6.41 Å². The van der Waals surface area contributed by atoms with E-state index in [2.05, 4.69) is 0 Å². The van der Waals surface area contributed by atoms with E-state index in [0.29, 0.717) is 0 Å². The number of aliphatic hydroxyl groups excluding tert-OH is 1. The van der Waals surface area contributed by atoms with E-state index in [1.54, 1.807) is 7.05 Å². The van der Waals surface area contributed by atoms with Gasteiger partial charge in [0, 0.05) is 6.61 Å². The second kappa shape index (κ2) is 3.30. The van der Waals surface area contributed by atoms with Gasteiger partial charge in [0.1, 0.15) is 6.23 Å². The van der Waals surface area contributed by atoms with Gasteiger partial charge in [-0.15, -0.1) is 0 Å². The lowest BCUT2D eigenvalue weighted by Crippen LogP contribution is -2.39. The van der Waals surface area contributed by atoms with Crippen LogP contribution in [0.4, 0.5) is 0 Å². The van der Waals surface area contributed by atoms with Gasteiger partial charge in [-0.05, 0) is 19.9 Å². The fourth-order valence-electron chi connectivity index (χ4n) is 1.03. The Bertz CT molecular complexity index is 101. The van der Waals surface area contributed by atoms with Crippen molar-refractivity contribution in [1.82, 2.24) is 4.90 Å². The molecular formula is C6H13NO3. The van der Waals surface area contributed by atoms with Crippen LogP contribution in [0, 0.1) is 0 Å². The van der Waals surface area contributed by atoms with Crippen LogP contribution < -0.4 is 0 Å². The smallest absolute Gasteiger partial charge is 0.215 e. The Morgan fingerprint density at radius 3 is 2.70 bits per heavy atom. The summed E-state index contributed by atoms with van der Waals surface area (Å²) in [4.78, 5) is 1.40. The Labute approximate surface area is 60.0 Å². The third-order valence-electron chi connectivity index (χ3n) is 1.72. The van der Waals surface area contributed by atoms with Crippen LogP contribution in [0.3, 0.4) is 0 Å². The normalized spacial score (nSPS) is 26.7. The van der Waals surface area contributed by atoms with E-state index in [0.717, 1.165) is 19.4 Å². The van der Waals surface area contributed by atoms with Crippen LogP contribution in [0.2, 0.25) is 0 Å². The number of hydrogen-bond donors (Lipinski definition) is 2. The molecule has 60 valence electrons. The van der Waals surface area contributed by atoms with Gasteiger partial charge in [-0.1, -0.05) is 0 Å². The third kappa shape index (κ3) is 1.67. The van der Waals surface area contributed by atoms with Gasteiger partial charge in [0.05, 0.1) is 0 Å². The molecule has 1 saturated heterocycles. The number of ether oxygens (including phenoxy) is 1. The largest absolute Gasteiger partial charge is 0.363 e. The van der Waals surface area contributed by atoms with Crippen LogP contribution in [-0.2, 0) is 4.74 Å². The molecule has 0 bridgehead atoms. The highest BCUT2D eigenvalue weighted by Crippen LogP contribution is 2.15. The van der Waals surface area contributed by atoms with E-state index >= 15 is 0 Å². The van der Waals surface area contributed by atoms with Gasteiger partial charge in [0.2, 0.25) is 6.41 Å². The maximum Gasteiger partial charge on any atom is 0.215 e. The average Bonchev–Trinajstić information content (AvgIpc) is 2.36. The molecule has 0 amide bonds. The highest BCUT2D eigenvalue weighted by molar-refractivity contribution is 4.62. The summed E-state index contributed by atoms with van der Waals surface area (Å²) in [6.45, 7) is 0.724. The van der Waals surface area contributed by atoms with Crippen molar-refractivity contribution in [3.05, 3.63) is 0 Å². The molecule has 4 heteroatoms. The molecule has 0 aliphatic carbocycles. The summed E-state index contributed by atoms with van der Waals surface area (Å²) < 4.78 is 5.18. The Kier molecular flexibility index (Phi) is 2.62. The first kappa shape index (κ1) is 7.94. The lowest BCUT2D eigenvalue weighted by atomic mass is 10.3. The zero-order chi connectivity index (χ0) is 7.56. The zero-order valence-electron chi connectivity index (χ0n) is 6.03. The first-order valence-electron chi connectivity index (χ1n) is 3.41. The minimum atomic E-state index is -1.40. The third-order valence-corrected chi connectivity index (χ3v) is 1.72. The molecular weight excluding hydrogens is 134 g/mol. The molecule has 0 aromatic rings. The molecule has 4 nitrogen and oxygen atoms in total. The van der Waals surface area contributed by atoms with Crippen molar-refractivity contribution < 1.29 is 14.9 Å². The molecule has 1 aliphatic heterocycles. The fourth-order valence-corrected chi connectivity index (χ4v) is 1.03. The molecule has 0 radical (unpaired) electrons. The van der Waals surface area contributed by atoms with Crippen molar-refractivity contribution in [1.29, 1.82) is 0 Å². The molecule has 1 atom stereocenters. The van der Waals surface area contributed by atoms with Crippen molar-refractivity contribution >= 4 is 0 Å². The Hall–Kier alpha value is -0.160. The first-order valence-corrected chi connectivity index (χ1v) is 3.41. The maximum absolute atomic E-state index is 8.68. The Morgan fingerprint density at radius 1 is 1.60 bits per heavy atom. The molecule has 1 rings (SSSR count). The molecule has 0 aromatic heterocycles. The summed E-state index contributed by atoms with van der Waals surface area (Å²) >= 11 is 0. The van der Waals surface area contributed by atoms with Gasteiger partial charge in [0.25, 0.3) is 0 Å². The molecule has 2 N–H and O–H groups in total. The molecule has 10 heavy (non-hydrogen) atoms. The molecule has 1 heterocycles. The number of hydrogen-bond acceptors (Lipinski definition) is 4. The molecule has 1 fully saturated rings. The van der Waals surface area contributed by atoms with Gasteiger partial charge >= 0.3 is 0 Å². The summed E-state index contributed by atoms with van der Waals surface area (Å²) in [7, 11) is 1.63. The Morgan fingerprint density at radius 2 is 2.30 bits per heavy atom. The van der Waals surface area contributed by atoms with Crippen molar-refractivity contribution in [2.75, 3.05) is 13.7 Å². The van der Waals surface area contributed by atoms with Gasteiger partial charge in [-0.3, -0.25) is 0 Å². The van der Waals surface area contributed by atoms with E-state index in [1.165, 1.54) is 4.90 Å². The van der Waals surface area contributed by atoms with Gasteiger partial charge in [-0.2, -0.15) is 0 Å². The first-order chi connectivity index (χ1) is 4.72. The van der Waals surface area contributed by atoms with E-state index in [1.807, 2.05) is 0 Å². The maximum atomic E-state index is 8.68. The predicted molar refractivity (Wildman–Crippen MR) is 35.0 cm³/mol. The van der Waals surface area contributed by atoms with Crippen molar-refractivity contribution in [3.8, 4) is 0 Å². The van der Waals surface area contributed by atoms with Crippen LogP contribution in [-0.4, -0.2) is 41.4 Å². The molecule has 0 saturated carbocycles. The van der Waals surface area contributed by atoms with Gasteiger partial charge in [-0.25, -0.2) is 4.90 Å². The fraction of sp³-hybridized carbons (Fsp3) is 1.00. The SMILES string of the molecule is CN(C(O)O)C1CCCO1. The van der Waals surface area contributed by atoms with Crippen LogP contribution in [0.25, 0.3) is 0 Å². The monoisotopic (exact) mass is 147 g/mol. The van der Waals surface area contributed by atoms with E-state index in [9.17, 15) is 0 Å². The van der Waals surface area contributed by atoms with Crippen LogP contribution in [0.1, 0.15) is 12.8 Å². The molecule has 1 aliphatic rings. The summed E-state index contributed by atoms with van der Waals surface area (Å²) in [5, 5.41) is 17.4. The number of aliphatic hydroxyl groups is 2. The number of rotatable bonds is 2. The predicted octanol–water partition coefficient (Wildman–Crippen LogP) is -0.677. The van der Waals surface area contributed by atoms with Gasteiger partial charge in [0.15, 0.2) is 0 Å². The lowest BCUT2D eigenvalue weighted by Gasteiger charge is -2.24. The zero-order valence-corrected chi connectivity index (χ0v) is 6.03. The summed E-state index contributed by atoms with van der Waals surface area (Å²) in [5.74, 6) is 0. The Balaban J connectivity index is 2.32. The van der Waals surface area contributed by atoms with Crippen LogP contribution in [0.5, 0.6) is 0 Å². The summed E-state index contributed by atoms with van der Waals surface area (Å²) in [6.07, 6.45) is 0.374. The average molecular weight is 147 g/mol. The van der Waals surface area contributed by atoms with Crippen molar-refractivity contribution in [2.45, 2.75) is 25.5 Å². The van der Waals surface area contributed by atoms with E-state index in [4.69, 9.17) is 14.9 Å². The highest BCUT2D eigenvalue weighted by atomic mass is 16.5. The van der Waals surface area contributed by atoms with E-state index in [-0.39, 0.29) is 6.23 Å². The number of nitrogens with zero attached hydrogens (tertiary/aromatic N) is 1. The highest BCUT2D eigenvalue weighted by Gasteiger charge is 2.23. The summed E-state index contributed by atoms with van der Waals surface area (Å²) in [6, 6.07) is 0.